The number of hydrogen-bond donors (Lipinski definition) is 3. The van der Waals surface area contributed by atoms with Crippen molar-refractivity contribution in [3.05, 3.63) is 47.7 Å². The highest BCUT2D eigenvalue weighted by molar-refractivity contribution is 5.93. The quantitative estimate of drug-likeness (QED) is 0.631. The molecule has 0 atom stereocenters. The Kier molecular flexibility index (Phi) is 4.19. The molecule has 4 N–H and O–H groups in total. The summed E-state index contributed by atoms with van der Waals surface area (Å²) in [5.41, 5.74) is 7.53. The molecule has 0 spiro atoms. The summed E-state index contributed by atoms with van der Waals surface area (Å²) in [5, 5.41) is 16.5. The molecule has 3 aromatic rings. The Hall–Kier alpha value is -3.29. The third-order valence-electron chi connectivity index (χ3n) is 3.61. The maximum absolute atomic E-state index is 11.6. The molecule has 0 saturated heterocycles. The Balaban J connectivity index is 1.76. The van der Waals surface area contributed by atoms with E-state index in [1.165, 1.54) is 4.52 Å². The molecule has 0 aliphatic carbocycles. The number of nitrogen functional groups attached to an aromatic ring is 1. The van der Waals surface area contributed by atoms with Crippen LogP contribution in [-0.2, 0) is 6.42 Å². The van der Waals surface area contributed by atoms with Crippen LogP contribution in [0, 0.1) is 0 Å². The number of nitrogens with zero attached hydrogens (tertiary/aromatic N) is 3. The molecule has 2 aromatic heterocycles. The van der Waals surface area contributed by atoms with Gasteiger partial charge in [-0.05, 0) is 36.2 Å². The lowest BCUT2D eigenvalue weighted by atomic mass is 10.1. The van der Waals surface area contributed by atoms with Crippen molar-refractivity contribution < 1.29 is 14.6 Å². The number of nitrogens with one attached hydrogen (secondary N) is 1. The van der Waals surface area contributed by atoms with Crippen molar-refractivity contribution in [2.45, 2.75) is 6.42 Å². The van der Waals surface area contributed by atoms with Crippen molar-refractivity contribution in [3.63, 3.8) is 0 Å². The van der Waals surface area contributed by atoms with Crippen LogP contribution in [0.2, 0.25) is 0 Å². The Bertz CT molecular complexity index is 873. The van der Waals surface area contributed by atoms with Gasteiger partial charge in [-0.1, -0.05) is 12.1 Å². The summed E-state index contributed by atoms with van der Waals surface area (Å²) in [4.78, 5) is 15.5. The highest BCUT2D eigenvalue weighted by Gasteiger charge is 2.17. The van der Waals surface area contributed by atoms with Crippen LogP contribution in [0.5, 0.6) is 5.75 Å². The molecule has 124 valence electrons. The molecule has 0 amide bonds. The summed E-state index contributed by atoms with van der Waals surface area (Å²) >= 11 is 0. The highest BCUT2D eigenvalue weighted by atomic mass is 16.5. The molecule has 8 heteroatoms. The van der Waals surface area contributed by atoms with Crippen LogP contribution in [0.1, 0.15) is 16.1 Å². The lowest BCUT2D eigenvalue weighted by molar-refractivity contribution is 0.0688. The zero-order valence-electron chi connectivity index (χ0n) is 13.1. The van der Waals surface area contributed by atoms with Gasteiger partial charge in [0, 0.05) is 6.54 Å². The summed E-state index contributed by atoms with van der Waals surface area (Å²) in [5.74, 6) is -0.264. The van der Waals surface area contributed by atoms with Gasteiger partial charge in [-0.3, -0.25) is 0 Å². The molecule has 0 saturated carbocycles. The Labute approximate surface area is 137 Å². The molecule has 0 aliphatic rings. The average molecular weight is 327 g/mol. The third kappa shape index (κ3) is 3.07. The maximum Gasteiger partial charge on any atom is 0.356 e. The van der Waals surface area contributed by atoms with E-state index in [4.69, 9.17) is 10.5 Å². The van der Waals surface area contributed by atoms with E-state index in [2.05, 4.69) is 15.4 Å². The lowest BCUT2D eigenvalue weighted by Gasteiger charge is -2.10. The van der Waals surface area contributed by atoms with E-state index in [-0.39, 0.29) is 11.6 Å². The highest BCUT2D eigenvalue weighted by Crippen LogP contribution is 2.18. The molecule has 2 heterocycles. The molecule has 3 rings (SSSR count). The fourth-order valence-electron chi connectivity index (χ4n) is 2.45. The van der Waals surface area contributed by atoms with Crippen LogP contribution in [0.3, 0.4) is 0 Å². The minimum absolute atomic E-state index is 0.00595. The molecule has 0 radical (unpaired) electrons. The largest absolute Gasteiger partial charge is 0.497 e. The van der Waals surface area contributed by atoms with Gasteiger partial charge in [-0.25, -0.2) is 9.31 Å². The zero-order chi connectivity index (χ0) is 17.1. The van der Waals surface area contributed by atoms with Gasteiger partial charge in [0.05, 0.1) is 12.8 Å². The number of ether oxygens (including phenoxy) is 1. The molecule has 1 aromatic carbocycles. The van der Waals surface area contributed by atoms with Gasteiger partial charge in [-0.15, -0.1) is 5.10 Å². The predicted molar refractivity (Wildman–Crippen MR) is 89.5 cm³/mol. The molecule has 0 bridgehead atoms. The summed E-state index contributed by atoms with van der Waals surface area (Å²) in [6.07, 6.45) is 0.737. The van der Waals surface area contributed by atoms with Gasteiger partial charge in [0.25, 0.3) is 0 Å². The van der Waals surface area contributed by atoms with E-state index in [1.807, 2.05) is 24.3 Å². The lowest BCUT2D eigenvalue weighted by Crippen LogP contribution is -2.14. The van der Waals surface area contributed by atoms with Crippen molar-refractivity contribution in [2.75, 3.05) is 24.7 Å². The third-order valence-corrected chi connectivity index (χ3v) is 3.61. The molecule has 0 fully saturated rings. The number of pyridine rings is 1. The normalized spacial score (nSPS) is 10.7. The number of aromatic nitrogens is 3. The van der Waals surface area contributed by atoms with Crippen molar-refractivity contribution in [1.82, 2.24) is 14.6 Å². The standard InChI is InChI=1S/C16H17N5O3/c1-24-11-4-2-10(3-5-11)8-9-18-12-6-7-13-19-16(17)20-21(13)14(12)15(22)23/h2-7,18H,8-9H2,1H3,(H2,17,20)(H,22,23). The van der Waals surface area contributed by atoms with E-state index < -0.39 is 5.97 Å². The SMILES string of the molecule is COc1ccc(CCNc2ccc3nc(N)nn3c2C(=O)O)cc1. The van der Waals surface area contributed by atoms with E-state index in [1.54, 1.807) is 19.2 Å². The number of nitrogens with two attached hydrogens (primary N) is 1. The van der Waals surface area contributed by atoms with Crippen molar-refractivity contribution in [2.24, 2.45) is 0 Å². The number of carbonyl (C=O) groups is 1. The number of aromatic carboxylic acids is 1. The summed E-state index contributed by atoms with van der Waals surface area (Å²) in [7, 11) is 1.62. The van der Waals surface area contributed by atoms with Gasteiger partial charge in [0.1, 0.15) is 5.75 Å². The Morgan fingerprint density at radius 3 is 2.71 bits per heavy atom. The number of hydrogen-bond acceptors (Lipinski definition) is 6. The number of fused-ring (bicyclic) bond motifs is 1. The first kappa shape index (κ1) is 15.6. The fourth-order valence-corrected chi connectivity index (χ4v) is 2.45. The number of carboxylic acids is 1. The number of anilines is 2. The molecule has 0 unspecified atom stereocenters. The van der Waals surface area contributed by atoms with Crippen LogP contribution in [0.25, 0.3) is 5.65 Å². The summed E-state index contributed by atoms with van der Waals surface area (Å²) in [6.45, 7) is 0.572. The molecular weight excluding hydrogens is 310 g/mol. The fraction of sp³-hybridized carbons (Fsp3) is 0.188. The maximum atomic E-state index is 11.6. The Morgan fingerprint density at radius 2 is 2.04 bits per heavy atom. The number of benzene rings is 1. The molecule has 24 heavy (non-hydrogen) atoms. The monoisotopic (exact) mass is 327 g/mol. The first-order valence-corrected chi connectivity index (χ1v) is 7.34. The predicted octanol–water partition coefficient (Wildman–Crippen LogP) is 1.67. The Morgan fingerprint density at radius 1 is 1.29 bits per heavy atom. The topological polar surface area (TPSA) is 115 Å². The second kappa shape index (κ2) is 6.45. The van der Waals surface area contributed by atoms with Gasteiger partial charge in [0.15, 0.2) is 11.3 Å². The number of rotatable bonds is 6. The van der Waals surface area contributed by atoms with Gasteiger partial charge >= 0.3 is 5.97 Å². The minimum atomic E-state index is -1.10. The molecule has 0 aliphatic heterocycles. The van der Waals surface area contributed by atoms with Crippen LogP contribution in [0.4, 0.5) is 11.6 Å². The van der Waals surface area contributed by atoms with Gasteiger partial charge < -0.3 is 20.9 Å². The van der Waals surface area contributed by atoms with Crippen LogP contribution in [-0.4, -0.2) is 39.3 Å². The van der Waals surface area contributed by atoms with Gasteiger partial charge in [-0.2, -0.15) is 4.98 Å². The summed E-state index contributed by atoms with van der Waals surface area (Å²) < 4.78 is 6.35. The van der Waals surface area contributed by atoms with Crippen LogP contribution in [0.15, 0.2) is 36.4 Å². The van der Waals surface area contributed by atoms with E-state index >= 15 is 0 Å². The van der Waals surface area contributed by atoms with Crippen molar-refractivity contribution in [1.29, 1.82) is 0 Å². The zero-order valence-corrected chi connectivity index (χ0v) is 13.1. The average Bonchev–Trinajstić information content (AvgIpc) is 2.95. The second-order valence-electron chi connectivity index (χ2n) is 5.17. The van der Waals surface area contributed by atoms with Crippen LogP contribution >= 0.6 is 0 Å². The van der Waals surface area contributed by atoms with E-state index in [0.717, 1.165) is 17.7 Å². The van der Waals surface area contributed by atoms with Crippen molar-refractivity contribution in [3.8, 4) is 5.75 Å². The number of carboxylic acid groups (broad SMARTS) is 1. The summed E-state index contributed by atoms with van der Waals surface area (Å²) in [6, 6.07) is 11.1. The molecular formula is C16H17N5O3. The first-order chi connectivity index (χ1) is 11.6. The van der Waals surface area contributed by atoms with Gasteiger partial charge in [0.2, 0.25) is 5.95 Å². The van der Waals surface area contributed by atoms with E-state index in [9.17, 15) is 9.90 Å². The first-order valence-electron chi connectivity index (χ1n) is 7.34. The van der Waals surface area contributed by atoms with E-state index in [0.29, 0.717) is 17.9 Å². The minimum Gasteiger partial charge on any atom is -0.497 e. The second-order valence-corrected chi connectivity index (χ2v) is 5.17. The smallest absolute Gasteiger partial charge is 0.356 e. The molecule has 8 nitrogen and oxygen atoms in total. The number of methoxy groups -OCH3 is 1. The van der Waals surface area contributed by atoms with Crippen molar-refractivity contribution >= 4 is 23.3 Å². The van der Waals surface area contributed by atoms with Crippen LogP contribution < -0.4 is 15.8 Å².